The number of halogens is 1. The van der Waals surface area contributed by atoms with E-state index in [0.717, 1.165) is 9.37 Å². The van der Waals surface area contributed by atoms with Crippen LogP contribution in [0, 0.1) is 0 Å². The molecule has 1 aliphatic heterocycles. The molecule has 6 nitrogen and oxygen atoms in total. The van der Waals surface area contributed by atoms with Crippen molar-refractivity contribution in [1.29, 1.82) is 0 Å². The Morgan fingerprint density at radius 3 is 2.62 bits per heavy atom. The van der Waals surface area contributed by atoms with Gasteiger partial charge in [-0.25, -0.2) is 4.79 Å². The van der Waals surface area contributed by atoms with Gasteiger partial charge < -0.3 is 15.2 Å². The Kier molecular flexibility index (Phi) is 5.29. The minimum Gasteiger partial charge on any atom is -0.491 e. The molecule has 0 aliphatic carbocycles. The van der Waals surface area contributed by atoms with Crippen LogP contribution in [0.15, 0.2) is 59.1 Å². The van der Waals surface area contributed by atoms with Crippen molar-refractivity contribution in [3.05, 3.63) is 64.6 Å². The van der Waals surface area contributed by atoms with Gasteiger partial charge in [-0.2, -0.15) is 0 Å². The Labute approximate surface area is 159 Å². The molecule has 0 saturated carbocycles. The lowest BCUT2D eigenvalue weighted by molar-refractivity contribution is -0.132. The number of imide groups is 1. The molecule has 3 rings (SSSR count). The number of hydrogen-bond acceptors (Lipinski definition) is 4. The number of ether oxygens (including phenoxy) is 1. The van der Waals surface area contributed by atoms with Crippen molar-refractivity contribution < 1.29 is 19.4 Å². The maximum absolute atomic E-state index is 12.8. The summed E-state index contributed by atoms with van der Waals surface area (Å²) in [5.41, 5.74) is -0.441. The largest absolute Gasteiger partial charge is 0.491 e. The Hall–Kier alpha value is -2.38. The number of aliphatic hydroxyl groups excluding tert-OH is 1. The highest BCUT2D eigenvalue weighted by molar-refractivity contribution is 9.10. The van der Waals surface area contributed by atoms with Crippen molar-refractivity contribution in [2.75, 3.05) is 13.2 Å². The number of urea groups is 1. The summed E-state index contributed by atoms with van der Waals surface area (Å²) in [5.74, 6) is 0.194. The summed E-state index contributed by atoms with van der Waals surface area (Å²) in [4.78, 5) is 26.1. The molecule has 3 amide bonds. The average molecular weight is 419 g/mol. The molecule has 0 radical (unpaired) electrons. The van der Waals surface area contributed by atoms with Gasteiger partial charge in [0, 0.05) is 4.47 Å². The van der Waals surface area contributed by atoms with Crippen molar-refractivity contribution >= 4 is 27.9 Å². The van der Waals surface area contributed by atoms with E-state index < -0.39 is 23.6 Å². The number of nitrogens with zero attached hydrogens (tertiary/aromatic N) is 1. The minimum absolute atomic E-state index is 0.0322. The van der Waals surface area contributed by atoms with Crippen LogP contribution in [0.3, 0.4) is 0 Å². The van der Waals surface area contributed by atoms with Crippen LogP contribution in [-0.2, 0) is 10.3 Å². The van der Waals surface area contributed by atoms with E-state index in [0.29, 0.717) is 11.3 Å². The number of β-amino-alcohol motifs (C(OH)–C–C–N with tert-alkyl or cyclic N) is 1. The summed E-state index contributed by atoms with van der Waals surface area (Å²) >= 11 is 3.34. The highest BCUT2D eigenvalue weighted by atomic mass is 79.9. The van der Waals surface area contributed by atoms with Crippen LogP contribution in [0.1, 0.15) is 12.5 Å². The molecule has 0 spiro atoms. The minimum atomic E-state index is -1.14. The SMILES string of the molecule is CC1(c2ccccc2)NC(=O)N(CC(O)COc2cccc(Br)c2)C1=O. The van der Waals surface area contributed by atoms with Gasteiger partial charge in [0.2, 0.25) is 0 Å². The topological polar surface area (TPSA) is 78.9 Å². The van der Waals surface area contributed by atoms with Crippen molar-refractivity contribution in [2.24, 2.45) is 0 Å². The summed E-state index contributed by atoms with van der Waals surface area (Å²) in [6.07, 6.45) is -0.998. The number of carbonyl (C=O) groups is 2. The lowest BCUT2D eigenvalue weighted by Crippen LogP contribution is -2.42. The highest BCUT2D eigenvalue weighted by Crippen LogP contribution is 2.28. The fourth-order valence-electron chi connectivity index (χ4n) is 2.84. The Bertz CT molecular complexity index is 814. The predicted octanol–water partition coefficient (Wildman–Crippen LogP) is 2.66. The third-order valence-corrected chi connectivity index (χ3v) is 4.75. The standard InChI is InChI=1S/C19H19BrN2O4/c1-19(13-6-3-2-4-7-13)17(24)22(18(25)21-19)11-15(23)12-26-16-9-5-8-14(20)10-16/h2-10,15,23H,11-12H2,1H3,(H,21,25). The molecule has 2 N–H and O–H groups in total. The first-order chi connectivity index (χ1) is 12.4. The molecule has 2 unspecified atom stereocenters. The molecule has 0 aromatic heterocycles. The number of benzene rings is 2. The Morgan fingerprint density at radius 1 is 1.19 bits per heavy atom. The summed E-state index contributed by atoms with van der Waals surface area (Å²) < 4.78 is 6.37. The van der Waals surface area contributed by atoms with Gasteiger partial charge in [-0.05, 0) is 30.7 Å². The van der Waals surface area contributed by atoms with E-state index in [-0.39, 0.29) is 13.2 Å². The molecule has 2 atom stereocenters. The van der Waals surface area contributed by atoms with Crippen LogP contribution in [0.2, 0.25) is 0 Å². The van der Waals surface area contributed by atoms with Crippen molar-refractivity contribution in [3.8, 4) is 5.75 Å². The monoisotopic (exact) mass is 418 g/mol. The maximum atomic E-state index is 12.8. The fourth-order valence-corrected chi connectivity index (χ4v) is 3.22. The highest BCUT2D eigenvalue weighted by Gasteiger charge is 2.49. The zero-order chi connectivity index (χ0) is 18.7. The summed E-state index contributed by atoms with van der Waals surface area (Å²) in [7, 11) is 0. The van der Waals surface area contributed by atoms with Gasteiger partial charge >= 0.3 is 6.03 Å². The van der Waals surface area contributed by atoms with E-state index in [2.05, 4.69) is 21.2 Å². The van der Waals surface area contributed by atoms with Crippen molar-refractivity contribution in [3.63, 3.8) is 0 Å². The molecule has 1 fully saturated rings. The second-order valence-electron chi connectivity index (χ2n) is 6.26. The van der Waals surface area contributed by atoms with E-state index in [4.69, 9.17) is 4.74 Å². The third-order valence-electron chi connectivity index (χ3n) is 4.26. The first kappa shape index (κ1) is 18.4. The van der Waals surface area contributed by atoms with Gasteiger partial charge in [0.15, 0.2) is 0 Å². The van der Waals surface area contributed by atoms with Crippen LogP contribution in [-0.4, -0.2) is 41.2 Å². The van der Waals surface area contributed by atoms with Crippen LogP contribution in [0.25, 0.3) is 0 Å². The molecule has 1 heterocycles. The van der Waals surface area contributed by atoms with Gasteiger partial charge in [-0.15, -0.1) is 0 Å². The molecule has 2 aromatic rings. The normalized spacial score (nSPS) is 20.8. The van der Waals surface area contributed by atoms with Crippen LogP contribution in [0.4, 0.5) is 4.79 Å². The van der Waals surface area contributed by atoms with E-state index in [1.807, 2.05) is 30.3 Å². The fraction of sp³-hybridized carbons (Fsp3) is 0.263. The van der Waals surface area contributed by atoms with Gasteiger partial charge in [0.25, 0.3) is 5.91 Å². The molecule has 1 aliphatic rings. The lowest BCUT2D eigenvalue weighted by atomic mass is 9.92. The summed E-state index contributed by atoms with van der Waals surface area (Å²) in [6, 6.07) is 15.7. The number of carbonyl (C=O) groups excluding carboxylic acids is 2. The van der Waals surface area contributed by atoms with Gasteiger partial charge in [0.05, 0.1) is 6.54 Å². The van der Waals surface area contributed by atoms with Crippen LogP contribution >= 0.6 is 15.9 Å². The van der Waals surface area contributed by atoms with E-state index >= 15 is 0 Å². The molecule has 2 aromatic carbocycles. The molecule has 26 heavy (non-hydrogen) atoms. The molecule has 0 bridgehead atoms. The van der Waals surface area contributed by atoms with E-state index in [1.54, 1.807) is 31.2 Å². The van der Waals surface area contributed by atoms with E-state index in [9.17, 15) is 14.7 Å². The van der Waals surface area contributed by atoms with Gasteiger partial charge in [-0.1, -0.05) is 52.3 Å². The van der Waals surface area contributed by atoms with Crippen molar-refractivity contribution in [1.82, 2.24) is 10.2 Å². The van der Waals surface area contributed by atoms with Gasteiger partial charge in [-0.3, -0.25) is 9.69 Å². The smallest absolute Gasteiger partial charge is 0.325 e. The second-order valence-corrected chi connectivity index (χ2v) is 7.17. The van der Waals surface area contributed by atoms with Gasteiger partial charge in [0.1, 0.15) is 24.0 Å². The first-order valence-electron chi connectivity index (χ1n) is 8.16. The molecule has 7 heteroatoms. The van der Waals surface area contributed by atoms with Crippen molar-refractivity contribution in [2.45, 2.75) is 18.6 Å². The van der Waals surface area contributed by atoms with Crippen LogP contribution < -0.4 is 10.1 Å². The lowest BCUT2D eigenvalue weighted by Gasteiger charge is -2.23. The maximum Gasteiger partial charge on any atom is 0.325 e. The molecular formula is C19H19BrN2O4. The molecule has 1 saturated heterocycles. The first-order valence-corrected chi connectivity index (χ1v) is 8.95. The second kappa shape index (κ2) is 7.47. The summed E-state index contributed by atoms with van der Waals surface area (Å²) in [5, 5.41) is 12.9. The molecular weight excluding hydrogens is 400 g/mol. The summed E-state index contributed by atoms with van der Waals surface area (Å²) in [6.45, 7) is 1.49. The van der Waals surface area contributed by atoms with E-state index in [1.165, 1.54) is 0 Å². The average Bonchev–Trinajstić information content (AvgIpc) is 2.85. The Morgan fingerprint density at radius 2 is 1.92 bits per heavy atom. The molecule has 136 valence electrons. The number of hydrogen-bond donors (Lipinski definition) is 2. The zero-order valence-electron chi connectivity index (χ0n) is 14.2. The predicted molar refractivity (Wildman–Crippen MR) is 99.7 cm³/mol. The quantitative estimate of drug-likeness (QED) is 0.706. The number of amides is 3. The number of nitrogens with one attached hydrogen (secondary N) is 1. The number of aliphatic hydroxyl groups is 1. The Balaban J connectivity index is 1.64. The van der Waals surface area contributed by atoms with Crippen LogP contribution in [0.5, 0.6) is 5.75 Å². The number of rotatable bonds is 6. The third kappa shape index (κ3) is 3.73. The zero-order valence-corrected chi connectivity index (χ0v) is 15.8.